The standard InChI is InChI=1S/C15H22N2O4S/c1-3-21-13-7-5-4-6-12(13)17-15(19)11-22-10-14(18)16-8-9-20-2/h4-7H,3,8-11H2,1-2H3,(H,16,18)(H,17,19). The molecule has 0 saturated carbocycles. The van der Waals surface area contributed by atoms with Gasteiger partial charge < -0.3 is 20.1 Å². The second-order valence-corrected chi connectivity index (χ2v) is 5.30. The van der Waals surface area contributed by atoms with E-state index < -0.39 is 0 Å². The maximum atomic E-state index is 11.9. The van der Waals surface area contributed by atoms with Gasteiger partial charge in [-0.15, -0.1) is 11.8 Å². The Morgan fingerprint density at radius 1 is 1.18 bits per heavy atom. The summed E-state index contributed by atoms with van der Waals surface area (Å²) in [4.78, 5) is 23.3. The van der Waals surface area contributed by atoms with Crippen molar-refractivity contribution in [1.29, 1.82) is 0 Å². The van der Waals surface area contributed by atoms with Crippen molar-refractivity contribution in [3.05, 3.63) is 24.3 Å². The lowest BCUT2D eigenvalue weighted by atomic mass is 10.3. The van der Waals surface area contributed by atoms with E-state index >= 15 is 0 Å². The molecule has 122 valence electrons. The minimum atomic E-state index is -0.165. The number of ether oxygens (including phenoxy) is 2. The number of benzene rings is 1. The SMILES string of the molecule is CCOc1ccccc1NC(=O)CSCC(=O)NCCOC. The molecule has 0 heterocycles. The van der Waals surface area contributed by atoms with Crippen molar-refractivity contribution in [2.75, 3.05) is 43.7 Å². The van der Waals surface area contributed by atoms with Crippen molar-refractivity contribution >= 4 is 29.3 Å². The summed E-state index contributed by atoms with van der Waals surface area (Å²) in [7, 11) is 1.57. The molecule has 0 fully saturated rings. The van der Waals surface area contributed by atoms with Crippen LogP contribution in [0.3, 0.4) is 0 Å². The molecule has 2 N–H and O–H groups in total. The first-order valence-corrected chi connectivity index (χ1v) is 8.18. The molecule has 0 saturated heterocycles. The molecule has 0 aliphatic rings. The lowest BCUT2D eigenvalue weighted by molar-refractivity contribution is -0.118. The number of amides is 2. The molecular formula is C15H22N2O4S. The Labute approximate surface area is 134 Å². The Balaban J connectivity index is 2.30. The Kier molecular flexibility index (Phi) is 9.09. The normalized spacial score (nSPS) is 10.1. The fourth-order valence-corrected chi connectivity index (χ4v) is 2.26. The predicted molar refractivity (Wildman–Crippen MR) is 88.5 cm³/mol. The molecule has 0 radical (unpaired) electrons. The van der Waals surface area contributed by atoms with E-state index in [0.29, 0.717) is 31.2 Å². The summed E-state index contributed by atoms with van der Waals surface area (Å²) in [5, 5.41) is 5.48. The number of anilines is 1. The lowest BCUT2D eigenvalue weighted by Gasteiger charge is -2.11. The second-order valence-electron chi connectivity index (χ2n) is 4.31. The summed E-state index contributed by atoms with van der Waals surface area (Å²) in [6.45, 7) is 3.37. The number of thioether (sulfide) groups is 1. The Morgan fingerprint density at radius 3 is 2.64 bits per heavy atom. The number of nitrogens with one attached hydrogen (secondary N) is 2. The van der Waals surface area contributed by atoms with Crippen LogP contribution >= 0.6 is 11.8 Å². The average Bonchev–Trinajstić information content (AvgIpc) is 2.50. The van der Waals surface area contributed by atoms with Crippen LogP contribution in [-0.4, -0.2) is 50.2 Å². The van der Waals surface area contributed by atoms with Crippen LogP contribution in [0.4, 0.5) is 5.69 Å². The minimum absolute atomic E-state index is 0.107. The van der Waals surface area contributed by atoms with Gasteiger partial charge in [0.05, 0.1) is 30.4 Å². The van der Waals surface area contributed by atoms with E-state index in [1.54, 1.807) is 19.2 Å². The molecule has 0 atom stereocenters. The van der Waals surface area contributed by atoms with Crippen LogP contribution in [0.5, 0.6) is 5.75 Å². The molecule has 0 spiro atoms. The first kappa shape index (κ1) is 18.3. The van der Waals surface area contributed by atoms with Gasteiger partial charge in [0.25, 0.3) is 0 Å². The predicted octanol–water partition coefficient (Wildman–Crippen LogP) is 1.52. The van der Waals surface area contributed by atoms with E-state index in [4.69, 9.17) is 9.47 Å². The van der Waals surface area contributed by atoms with Crippen LogP contribution < -0.4 is 15.4 Å². The van der Waals surface area contributed by atoms with Gasteiger partial charge >= 0.3 is 0 Å². The fraction of sp³-hybridized carbons (Fsp3) is 0.467. The van der Waals surface area contributed by atoms with Gasteiger partial charge in [0, 0.05) is 13.7 Å². The fourth-order valence-electron chi connectivity index (χ4n) is 1.62. The van der Waals surface area contributed by atoms with Crippen molar-refractivity contribution in [2.24, 2.45) is 0 Å². The molecule has 1 aromatic rings. The van der Waals surface area contributed by atoms with Crippen LogP contribution in [0.2, 0.25) is 0 Å². The van der Waals surface area contributed by atoms with Crippen molar-refractivity contribution in [3.8, 4) is 5.75 Å². The highest BCUT2D eigenvalue weighted by Gasteiger charge is 2.08. The Morgan fingerprint density at radius 2 is 1.91 bits per heavy atom. The van der Waals surface area contributed by atoms with Crippen molar-refractivity contribution in [3.63, 3.8) is 0 Å². The van der Waals surface area contributed by atoms with Gasteiger partial charge in [-0.3, -0.25) is 9.59 Å². The summed E-state index contributed by atoms with van der Waals surface area (Å²) < 4.78 is 10.3. The molecule has 0 unspecified atom stereocenters. The smallest absolute Gasteiger partial charge is 0.234 e. The van der Waals surface area contributed by atoms with Crippen molar-refractivity contribution in [1.82, 2.24) is 5.32 Å². The van der Waals surface area contributed by atoms with Gasteiger partial charge in [0.1, 0.15) is 5.75 Å². The molecule has 22 heavy (non-hydrogen) atoms. The summed E-state index contributed by atoms with van der Waals surface area (Å²) in [6, 6.07) is 7.26. The van der Waals surface area contributed by atoms with Crippen molar-refractivity contribution in [2.45, 2.75) is 6.92 Å². The zero-order valence-corrected chi connectivity index (χ0v) is 13.7. The quantitative estimate of drug-likeness (QED) is 0.638. The largest absolute Gasteiger partial charge is 0.492 e. The molecular weight excluding hydrogens is 304 g/mol. The van der Waals surface area contributed by atoms with Crippen LogP contribution in [0.25, 0.3) is 0 Å². The van der Waals surface area contributed by atoms with E-state index in [2.05, 4.69) is 10.6 Å². The summed E-state index contributed by atoms with van der Waals surface area (Å²) in [5.41, 5.74) is 0.638. The van der Waals surface area contributed by atoms with E-state index in [-0.39, 0.29) is 23.3 Å². The highest BCUT2D eigenvalue weighted by Crippen LogP contribution is 2.23. The molecule has 6 nitrogen and oxygen atoms in total. The first-order chi connectivity index (χ1) is 10.7. The number of carbonyl (C=O) groups is 2. The number of carbonyl (C=O) groups excluding carboxylic acids is 2. The average molecular weight is 326 g/mol. The highest BCUT2D eigenvalue weighted by molar-refractivity contribution is 8.00. The number of hydrogen-bond donors (Lipinski definition) is 2. The molecule has 1 rings (SSSR count). The summed E-state index contributed by atoms with van der Waals surface area (Å²) >= 11 is 1.26. The van der Waals surface area contributed by atoms with E-state index in [1.807, 2.05) is 19.1 Å². The van der Waals surface area contributed by atoms with Gasteiger partial charge in [0.2, 0.25) is 11.8 Å². The maximum absolute atomic E-state index is 11.9. The van der Waals surface area contributed by atoms with Gasteiger partial charge in [-0.25, -0.2) is 0 Å². The van der Waals surface area contributed by atoms with Crippen LogP contribution in [0, 0.1) is 0 Å². The summed E-state index contributed by atoms with van der Waals surface area (Å²) in [5.74, 6) is 0.814. The highest BCUT2D eigenvalue weighted by atomic mass is 32.2. The zero-order valence-electron chi connectivity index (χ0n) is 12.9. The summed E-state index contributed by atoms with van der Waals surface area (Å²) in [6.07, 6.45) is 0. The van der Waals surface area contributed by atoms with Gasteiger partial charge in [-0.1, -0.05) is 12.1 Å². The minimum Gasteiger partial charge on any atom is -0.492 e. The maximum Gasteiger partial charge on any atom is 0.234 e. The Hall–Kier alpha value is -1.73. The third-order valence-electron chi connectivity index (χ3n) is 2.56. The number of rotatable bonds is 10. The number of para-hydroxylation sites is 2. The molecule has 7 heteroatoms. The first-order valence-electron chi connectivity index (χ1n) is 7.02. The molecule has 0 aromatic heterocycles. The van der Waals surface area contributed by atoms with Crippen LogP contribution in [0.15, 0.2) is 24.3 Å². The lowest BCUT2D eigenvalue weighted by Crippen LogP contribution is -2.29. The third-order valence-corrected chi connectivity index (χ3v) is 3.49. The molecule has 2 amide bonds. The van der Waals surface area contributed by atoms with E-state index in [1.165, 1.54) is 11.8 Å². The molecule has 1 aromatic carbocycles. The van der Waals surface area contributed by atoms with Gasteiger partial charge in [0.15, 0.2) is 0 Å². The second kappa shape index (κ2) is 10.9. The van der Waals surface area contributed by atoms with Crippen molar-refractivity contribution < 1.29 is 19.1 Å². The van der Waals surface area contributed by atoms with Crippen LogP contribution in [0.1, 0.15) is 6.92 Å². The molecule has 0 bridgehead atoms. The molecule has 0 aliphatic heterocycles. The Bertz CT molecular complexity index is 482. The van der Waals surface area contributed by atoms with Crippen LogP contribution in [-0.2, 0) is 14.3 Å². The van der Waals surface area contributed by atoms with Gasteiger partial charge in [-0.2, -0.15) is 0 Å². The third kappa shape index (κ3) is 7.33. The molecule has 0 aliphatic carbocycles. The zero-order chi connectivity index (χ0) is 16.2. The number of hydrogen-bond acceptors (Lipinski definition) is 5. The van der Waals surface area contributed by atoms with E-state index in [9.17, 15) is 9.59 Å². The topological polar surface area (TPSA) is 76.7 Å². The van der Waals surface area contributed by atoms with Gasteiger partial charge in [-0.05, 0) is 19.1 Å². The van der Waals surface area contributed by atoms with E-state index in [0.717, 1.165) is 0 Å². The monoisotopic (exact) mass is 326 g/mol. The number of methoxy groups -OCH3 is 1.